The third-order valence-corrected chi connectivity index (χ3v) is 3.83. The summed E-state index contributed by atoms with van der Waals surface area (Å²) >= 11 is 0. The molecule has 0 saturated carbocycles. The minimum Gasteiger partial charge on any atom is -0.299 e. The molecule has 1 aliphatic rings. The Labute approximate surface area is 123 Å². The van der Waals surface area contributed by atoms with Crippen LogP contribution < -0.4 is 0 Å². The molecule has 0 atom stereocenters. The van der Waals surface area contributed by atoms with Gasteiger partial charge < -0.3 is 0 Å². The predicted octanol–water partition coefficient (Wildman–Crippen LogP) is 5.33. The first-order chi connectivity index (χ1) is 9.47. The Kier molecular flexibility index (Phi) is 6.44. The van der Waals surface area contributed by atoms with E-state index in [0.717, 1.165) is 6.29 Å². The minimum absolute atomic E-state index is 0.293. The Morgan fingerprint density at radius 3 is 2.50 bits per heavy atom. The van der Waals surface area contributed by atoms with Gasteiger partial charge in [-0.2, -0.15) is 0 Å². The number of hydrogen-bond acceptors (Lipinski definition) is 1. The molecule has 0 heterocycles. The Morgan fingerprint density at radius 1 is 1.15 bits per heavy atom. The summed E-state index contributed by atoms with van der Waals surface area (Å²) in [5.41, 5.74) is 4.51. The molecule has 108 valence electrons. The highest BCUT2D eigenvalue weighted by Crippen LogP contribution is 2.40. The summed E-state index contributed by atoms with van der Waals surface area (Å²) in [6, 6.07) is 0. The number of rotatable bonds is 5. The van der Waals surface area contributed by atoms with Crippen LogP contribution >= 0.6 is 0 Å². The van der Waals surface area contributed by atoms with Crippen LogP contribution in [0.15, 0.2) is 59.3 Å². The molecular weight excluding hydrogens is 244 g/mol. The second-order valence-electron chi connectivity index (χ2n) is 6.08. The normalized spacial score (nSPS) is 20.5. The van der Waals surface area contributed by atoms with Gasteiger partial charge in [0.1, 0.15) is 6.29 Å². The van der Waals surface area contributed by atoms with E-state index in [2.05, 4.69) is 45.9 Å². The first-order valence-corrected chi connectivity index (χ1v) is 7.31. The van der Waals surface area contributed by atoms with Crippen molar-refractivity contribution < 1.29 is 4.79 Å². The van der Waals surface area contributed by atoms with E-state index < -0.39 is 0 Å². The van der Waals surface area contributed by atoms with Crippen LogP contribution in [-0.2, 0) is 4.79 Å². The molecule has 0 aliphatic heterocycles. The molecular formula is C19H26O. The minimum atomic E-state index is 0.293. The van der Waals surface area contributed by atoms with Gasteiger partial charge in [0, 0.05) is 0 Å². The van der Waals surface area contributed by atoms with Crippen molar-refractivity contribution in [2.24, 2.45) is 5.41 Å². The van der Waals surface area contributed by atoms with E-state index >= 15 is 0 Å². The number of carbonyl (C=O) groups excluding carboxylic acids is 1. The Bertz CT molecular complexity index is 482. The van der Waals surface area contributed by atoms with Crippen molar-refractivity contribution in [2.45, 2.75) is 47.0 Å². The van der Waals surface area contributed by atoms with Gasteiger partial charge in [0.2, 0.25) is 0 Å². The lowest BCUT2D eigenvalue weighted by atomic mass is 9.72. The van der Waals surface area contributed by atoms with Gasteiger partial charge in [-0.1, -0.05) is 61.4 Å². The van der Waals surface area contributed by atoms with E-state index in [1.54, 1.807) is 6.08 Å². The van der Waals surface area contributed by atoms with Gasteiger partial charge in [-0.3, -0.25) is 4.79 Å². The van der Waals surface area contributed by atoms with Crippen LogP contribution in [0.1, 0.15) is 47.0 Å². The van der Waals surface area contributed by atoms with Gasteiger partial charge in [-0.15, -0.1) is 0 Å². The predicted molar refractivity (Wildman–Crippen MR) is 87.6 cm³/mol. The van der Waals surface area contributed by atoms with Gasteiger partial charge >= 0.3 is 0 Å². The van der Waals surface area contributed by atoms with Crippen molar-refractivity contribution in [2.75, 3.05) is 0 Å². The number of allylic oxidation sites excluding steroid dienone is 10. The number of carbonyl (C=O) groups is 1. The quantitative estimate of drug-likeness (QED) is 0.375. The first kappa shape index (κ1) is 16.4. The van der Waals surface area contributed by atoms with Gasteiger partial charge in [-0.25, -0.2) is 0 Å². The highest BCUT2D eigenvalue weighted by Gasteiger charge is 2.26. The van der Waals surface area contributed by atoms with Gasteiger partial charge in [-0.05, 0) is 50.2 Å². The van der Waals surface area contributed by atoms with Crippen LogP contribution in [0.5, 0.6) is 0 Å². The average molecular weight is 270 g/mol. The van der Waals surface area contributed by atoms with Crippen LogP contribution in [0.4, 0.5) is 0 Å². The van der Waals surface area contributed by atoms with Crippen molar-refractivity contribution in [3.05, 3.63) is 59.3 Å². The molecule has 0 N–H and O–H groups in total. The lowest BCUT2D eigenvalue weighted by Gasteiger charge is -2.32. The summed E-state index contributed by atoms with van der Waals surface area (Å²) in [4.78, 5) is 10.1. The smallest absolute Gasteiger partial charge is 0.142 e. The van der Waals surface area contributed by atoms with E-state index in [9.17, 15) is 4.79 Å². The van der Waals surface area contributed by atoms with Crippen molar-refractivity contribution in [3.63, 3.8) is 0 Å². The standard InChI is InChI=1S/C19H26O/c1-16(10-7-5-6-8-15-20)12-13-18-17(2)11-9-14-19(18,3)4/h5-8,10,12-13,15H,9,11,14H2,1-4H3/b7-5+,8-6+,13-12+,16-10+. The molecule has 1 nitrogen and oxygen atoms in total. The fourth-order valence-corrected chi connectivity index (χ4v) is 2.66. The Balaban J connectivity index is 2.76. The van der Waals surface area contributed by atoms with Crippen LogP contribution in [-0.4, -0.2) is 6.29 Å². The maximum atomic E-state index is 10.1. The van der Waals surface area contributed by atoms with Crippen LogP contribution in [0, 0.1) is 5.41 Å². The van der Waals surface area contributed by atoms with Crippen molar-refractivity contribution in [3.8, 4) is 0 Å². The molecule has 1 rings (SSSR count). The zero-order valence-corrected chi connectivity index (χ0v) is 13.1. The van der Waals surface area contributed by atoms with Gasteiger partial charge in [0.15, 0.2) is 0 Å². The van der Waals surface area contributed by atoms with Gasteiger partial charge in [0.25, 0.3) is 0 Å². The molecule has 0 amide bonds. The van der Waals surface area contributed by atoms with Crippen LogP contribution in [0.3, 0.4) is 0 Å². The average Bonchev–Trinajstić information content (AvgIpc) is 2.37. The molecule has 0 aromatic carbocycles. The maximum absolute atomic E-state index is 10.1. The largest absolute Gasteiger partial charge is 0.299 e. The number of aldehydes is 1. The molecule has 0 aromatic rings. The zero-order valence-electron chi connectivity index (χ0n) is 13.1. The molecule has 0 aromatic heterocycles. The third kappa shape index (κ3) is 5.16. The second kappa shape index (κ2) is 7.84. The Morgan fingerprint density at radius 2 is 1.85 bits per heavy atom. The molecule has 1 heteroatoms. The molecule has 0 saturated heterocycles. The van der Waals surface area contributed by atoms with Crippen molar-refractivity contribution in [1.29, 1.82) is 0 Å². The fraction of sp³-hybridized carbons (Fsp3) is 0.421. The highest BCUT2D eigenvalue weighted by molar-refractivity contribution is 5.65. The monoisotopic (exact) mass is 270 g/mol. The summed E-state index contributed by atoms with van der Waals surface area (Å²) in [5, 5.41) is 0. The summed E-state index contributed by atoms with van der Waals surface area (Å²) in [6.45, 7) is 9.01. The zero-order chi connectivity index (χ0) is 15.0. The SMILES string of the molecule is CC1=C(/C=C/C(C)=C/C=C/C=C/C=O)C(C)(C)CCC1. The number of hydrogen-bond donors (Lipinski definition) is 0. The highest BCUT2D eigenvalue weighted by atomic mass is 16.1. The maximum Gasteiger partial charge on any atom is 0.142 e. The molecule has 0 radical (unpaired) electrons. The van der Waals surface area contributed by atoms with E-state index in [1.807, 2.05) is 12.2 Å². The van der Waals surface area contributed by atoms with E-state index in [-0.39, 0.29) is 0 Å². The molecule has 0 unspecified atom stereocenters. The molecule has 0 bridgehead atoms. The topological polar surface area (TPSA) is 17.1 Å². The first-order valence-electron chi connectivity index (χ1n) is 7.31. The summed E-state index contributed by atoms with van der Waals surface area (Å²) in [7, 11) is 0. The molecule has 0 fully saturated rings. The van der Waals surface area contributed by atoms with Crippen LogP contribution in [0.25, 0.3) is 0 Å². The van der Waals surface area contributed by atoms with Crippen molar-refractivity contribution >= 4 is 6.29 Å². The lowest BCUT2D eigenvalue weighted by Crippen LogP contribution is -2.19. The van der Waals surface area contributed by atoms with Gasteiger partial charge in [0.05, 0.1) is 0 Å². The lowest BCUT2D eigenvalue weighted by molar-refractivity contribution is -0.104. The molecule has 20 heavy (non-hydrogen) atoms. The van der Waals surface area contributed by atoms with Crippen molar-refractivity contribution in [1.82, 2.24) is 0 Å². The van der Waals surface area contributed by atoms with Crippen LogP contribution in [0.2, 0.25) is 0 Å². The summed E-state index contributed by atoms with van der Waals surface area (Å²) < 4.78 is 0. The fourth-order valence-electron chi connectivity index (χ4n) is 2.66. The molecule has 1 aliphatic carbocycles. The van der Waals surface area contributed by atoms with E-state index in [0.29, 0.717) is 5.41 Å². The van der Waals surface area contributed by atoms with E-state index in [4.69, 9.17) is 0 Å². The van der Waals surface area contributed by atoms with E-state index in [1.165, 1.54) is 42.1 Å². The Hall–Kier alpha value is -1.63. The summed E-state index contributed by atoms with van der Waals surface area (Å²) in [5.74, 6) is 0. The summed E-state index contributed by atoms with van der Waals surface area (Å²) in [6.07, 6.45) is 18.1. The third-order valence-electron chi connectivity index (χ3n) is 3.83. The second-order valence-corrected chi connectivity index (χ2v) is 6.08. The molecule has 0 spiro atoms.